The van der Waals surface area contributed by atoms with Gasteiger partial charge in [0.15, 0.2) is 6.61 Å². The minimum Gasteiger partial charge on any atom is -0.484 e. The van der Waals surface area contributed by atoms with Gasteiger partial charge in [0.05, 0.1) is 0 Å². The smallest absolute Gasteiger partial charge is 0.412 e. The number of hydrogen-bond donors (Lipinski definition) is 1. The number of nitrogens with zero attached hydrogens (tertiary/aromatic N) is 1. The third-order valence-electron chi connectivity index (χ3n) is 2.69. The van der Waals surface area contributed by atoms with Crippen molar-refractivity contribution >= 4 is 17.7 Å². The number of carbonyl (C=O) groups excluding carboxylic acids is 2. The highest BCUT2D eigenvalue weighted by Crippen LogP contribution is 2.22. The van der Waals surface area contributed by atoms with Gasteiger partial charge in [-0.1, -0.05) is 0 Å². The molecule has 0 saturated heterocycles. The van der Waals surface area contributed by atoms with E-state index in [0.717, 1.165) is 5.56 Å². The van der Waals surface area contributed by atoms with Gasteiger partial charge in [-0.05, 0) is 51.5 Å². The quantitative estimate of drug-likeness (QED) is 0.928. The topological polar surface area (TPSA) is 67.9 Å². The Morgan fingerprint density at radius 3 is 2.36 bits per heavy atom. The Bertz CT molecular complexity index is 548. The van der Waals surface area contributed by atoms with E-state index in [2.05, 4.69) is 5.32 Å². The summed E-state index contributed by atoms with van der Waals surface area (Å²) in [7, 11) is 3.34. The number of ether oxygens (including phenoxy) is 2. The number of carbonyl (C=O) groups is 2. The fourth-order valence-electron chi connectivity index (χ4n) is 1.55. The van der Waals surface area contributed by atoms with Gasteiger partial charge < -0.3 is 14.4 Å². The van der Waals surface area contributed by atoms with Crippen LogP contribution in [-0.4, -0.2) is 43.2 Å². The highest BCUT2D eigenvalue weighted by Gasteiger charge is 2.17. The average Bonchev–Trinajstić information content (AvgIpc) is 2.36. The van der Waals surface area contributed by atoms with Crippen molar-refractivity contribution in [3.8, 4) is 5.75 Å². The zero-order valence-corrected chi connectivity index (χ0v) is 14.0. The van der Waals surface area contributed by atoms with Gasteiger partial charge in [-0.2, -0.15) is 0 Å². The molecule has 0 aromatic heterocycles. The van der Waals surface area contributed by atoms with E-state index in [4.69, 9.17) is 9.47 Å². The fourth-order valence-corrected chi connectivity index (χ4v) is 1.55. The predicted octanol–water partition coefficient (Wildman–Crippen LogP) is 2.81. The van der Waals surface area contributed by atoms with Crippen LogP contribution in [0.25, 0.3) is 0 Å². The van der Waals surface area contributed by atoms with Crippen LogP contribution in [0.1, 0.15) is 26.3 Å². The predicted molar refractivity (Wildman–Crippen MR) is 85.2 cm³/mol. The Morgan fingerprint density at radius 1 is 1.23 bits per heavy atom. The molecule has 6 heteroatoms. The molecule has 122 valence electrons. The third kappa shape index (κ3) is 6.03. The first-order valence-corrected chi connectivity index (χ1v) is 7.02. The molecule has 0 aliphatic rings. The minimum absolute atomic E-state index is 0.0225. The van der Waals surface area contributed by atoms with Crippen LogP contribution in [0.15, 0.2) is 18.2 Å². The second-order valence-electron chi connectivity index (χ2n) is 6.18. The molecule has 0 atom stereocenters. The number of hydrogen-bond acceptors (Lipinski definition) is 4. The van der Waals surface area contributed by atoms with Crippen molar-refractivity contribution in [3.05, 3.63) is 23.8 Å². The van der Waals surface area contributed by atoms with Crippen molar-refractivity contribution < 1.29 is 19.1 Å². The first kappa shape index (κ1) is 17.8. The Hall–Kier alpha value is -2.24. The number of likely N-dealkylation sites (N-methyl/N-ethyl adjacent to an activating group) is 1. The lowest BCUT2D eigenvalue weighted by molar-refractivity contribution is -0.130. The molecule has 1 rings (SSSR count). The summed E-state index contributed by atoms with van der Waals surface area (Å²) in [6, 6.07) is 5.17. The van der Waals surface area contributed by atoms with Crippen molar-refractivity contribution in [2.75, 3.05) is 26.0 Å². The number of rotatable bonds is 4. The van der Waals surface area contributed by atoms with Crippen LogP contribution in [0.3, 0.4) is 0 Å². The van der Waals surface area contributed by atoms with Crippen LogP contribution in [0, 0.1) is 6.92 Å². The second kappa shape index (κ2) is 7.15. The monoisotopic (exact) mass is 308 g/mol. The molecule has 0 bridgehead atoms. The van der Waals surface area contributed by atoms with E-state index >= 15 is 0 Å². The molecule has 0 aliphatic carbocycles. The maximum absolute atomic E-state index is 11.7. The average molecular weight is 308 g/mol. The first-order valence-electron chi connectivity index (χ1n) is 7.02. The van der Waals surface area contributed by atoms with Gasteiger partial charge in [-0.15, -0.1) is 0 Å². The van der Waals surface area contributed by atoms with Crippen molar-refractivity contribution in [2.24, 2.45) is 0 Å². The minimum atomic E-state index is -0.548. The summed E-state index contributed by atoms with van der Waals surface area (Å²) in [5.41, 5.74) is 0.911. The molecule has 0 saturated carbocycles. The maximum atomic E-state index is 11.7. The van der Waals surface area contributed by atoms with Gasteiger partial charge in [0.1, 0.15) is 11.4 Å². The molecule has 0 heterocycles. The van der Waals surface area contributed by atoms with Gasteiger partial charge in [0.25, 0.3) is 5.91 Å². The van der Waals surface area contributed by atoms with Gasteiger partial charge >= 0.3 is 6.09 Å². The molecule has 0 radical (unpaired) electrons. The van der Waals surface area contributed by atoms with Crippen LogP contribution < -0.4 is 10.1 Å². The highest BCUT2D eigenvalue weighted by molar-refractivity contribution is 5.86. The zero-order valence-electron chi connectivity index (χ0n) is 14.0. The van der Waals surface area contributed by atoms with Crippen molar-refractivity contribution in [2.45, 2.75) is 33.3 Å². The first-order chi connectivity index (χ1) is 10.1. The van der Waals surface area contributed by atoms with E-state index in [9.17, 15) is 9.59 Å². The highest BCUT2D eigenvalue weighted by atomic mass is 16.6. The molecule has 1 aromatic rings. The number of anilines is 1. The molecular weight excluding hydrogens is 284 g/mol. The van der Waals surface area contributed by atoms with Crippen LogP contribution in [0.2, 0.25) is 0 Å². The molecule has 0 fully saturated rings. The van der Waals surface area contributed by atoms with E-state index in [1.165, 1.54) is 4.90 Å². The van der Waals surface area contributed by atoms with E-state index in [1.54, 1.807) is 53.1 Å². The molecule has 22 heavy (non-hydrogen) atoms. The van der Waals surface area contributed by atoms with E-state index in [0.29, 0.717) is 11.4 Å². The van der Waals surface area contributed by atoms with Crippen molar-refractivity contribution in [1.29, 1.82) is 0 Å². The molecule has 1 aromatic carbocycles. The summed E-state index contributed by atoms with van der Waals surface area (Å²) in [5.74, 6) is 0.455. The lowest BCUT2D eigenvalue weighted by Crippen LogP contribution is -2.28. The number of benzene rings is 1. The molecular formula is C16H24N2O4. The summed E-state index contributed by atoms with van der Waals surface area (Å²) in [5, 5.41) is 2.69. The Kier molecular flexibility index (Phi) is 5.79. The van der Waals surface area contributed by atoms with E-state index < -0.39 is 11.7 Å². The van der Waals surface area contributed by atoms with Crippen molar-refractivity contribution in [3.63, 3.8) is 0 Å². The van der Waals surface area contributed by atoms with Crippen molar-refractivity contribution in [1.82, 2.24) is 4.90 Å². The lowest BCUT2D eigenvalue weighted by Gasteiger charge is -2.20. The molecule has 0 aliphatic heterocycles. The third-order valence-corrected chi connectivity index (χ3v) is 2.69. The number of aryl methyl sites for hydroxylation is 1. The Balaban J connectivity index is 2.66. The maximum Gasteiger partial charge on any atom is 0.412 e. The van der Waals surface area contributed by atoms with E-state index in [1.807, 2.05) is 6.92 Å². The van der Waals surface area contributed by atoms with Gasteiger partial charge in [0, 0.05) is 19.8 Å². The van der Waals surface area contributed by atoms with E-state index in [-0.39, 0.29) is 12.5 Å². The molecule has 1 N–H and O–H groups in total. The van der Waals surface area contributed by atoms with Gasteiger partial charge in [0.2, 0.25) is 0 Å². The molecule has 6 nitrogen and oxygen atoms in total. The van der Waals surface area contributed by atoms with Crippen LogP contribution in [0.5, 0.6) is 5.75 Å². The lowest BCUT2D eigenvalue weighted by atomic mass is 10.2. The summed E-state index contributed by atoms with van der Waals surface area (Å²) in [6.07, 6.45) is -0.507. The zero-order chi connectivity index (χ0) is 16.9. The summed E-state index contributed by atoms with van der Waals surface area (Å²) in [4.78, 5) is 24.7. The standard InChI is InChI=1S/C16H24N2O4/c1-11-9-12(21-10-14(19)18(5)6)7-8-13(11)17-15(20)22-16(2,3)4/h7-9H,10H2,1-6H3,(H,17,20). The van der Waals surface area contributed by atoms with Crippen LogP contribution in [-0.2, 0) is 9.53 Å². The molecule has 2 amide bonds. The molecule has 0 unspecified atom stereocenters. The molecule has 0 spiro atoms. The Labute approximate surface area is 131 Å². The van der Waals surface area contributed by atoms with Crippen LogP contribution >= 0.6 is 0 Å². The number of amides is 2. The van der Waals surface area contributed by atoms with Crippen LogP contribution in [0.4, 0.5) is 10.5 Å². The SMILES string of the molecule is Cc1cc(OCC(=O)N(C)C)ccc1NC(=O)OC(C)(C)C. The number of nitrogens with one attached hydrogen (secondary N) is 1. The second-order valence-corrected chi connectivity index (χ2v) is 6.18. The normalized spacial score (nSPS) is 10.8. The fraction of sp³-hybridized carbons (Fsp3) is 0.500. The largest absolute Gasteiger partial charge is 0.484 e. The summed E-state index contributed by atoms with van der Waals surface area (Å²) >= 11 is 0. The summed E-state index contributed by atoms with van der Waals surface area (Å²) < 4.78 is 10.6. The summed E-state index contributed by atoms with van der Waals surface area (Å²) in [6.45, 7) is 7.23. The van der Waals surface area contributed by atoms with Gasteiger partial charge in [-0.25, -0.2) is 4.79 Å². The Morgan fingerprint density at radius 2 is 1.86 bits per heavy atom. The van der Waals surface area contributed by atoms with Gasteiger partial charge in [-0.3, -0.25) is 10.1 Å².